The summed E-state index contributed by atoms with van der Waals surface area (Å²) in [6.07, 6.45) is 1.04. The maximum Gasteiger partial charge on any atom is 0.345 e. The van der Waals surface area contributed by atoms with Crippen LogP contribution in [0.4, 0.5) is 15.8 Å². The first-order valence-corrected chi connectivity index (χ1v) is 5.95. The predicted octanol–water partition coefficient (Wildman–Crippen LogP) is 2.21. The number of thiazole rings is 1. The molecule has 1 N–H and O–H groups in total. The third-order valence-corrected chi connectivity index (χ3v) is 3.10. The number of benzene rings is 1. The molecule has 1 aromatic carbocycles. The number of rotatable bonds is 4. The van der Waals surface area contributed by atoms with Gasteiger partial charge in [0.25, 0.3) is 11.6 Å². The molecule has 2 rings (SSSR count). The minimum absolute atomic E-state index is 0.0834. The smallest absolute Gasteiger partial charge is 0.298 e. The van der Waals surface area contributed by atoms with Crippen LogP contribution in [-0.2, 0) is 0 Å². The molecule has 9 nitrogen and oxygen atoms in total. The van der Waals surface area contributed by atoms with Crippen LogP contribution in [-0.4, -0.2) is 20.7 Å². The number of nitrogens with zero attached hydrogens (tertiary/aromatic N) is 3. The molecule has 0 saturated carbocycles. The molecule has 102 valence electrons. The van der Waals surface area contributed by atoms with Gasteiger partial charge in [0.2, 0.25) is 0 Å². The fraction of sp³-hybridized carbons (Fsp3) is 0. The molecular weight excluding hydrogens is 288 g/mol. The Morgan fingerprint density at radius 1 is 1.15 bits per heavy atom. The lowest BCUT2D eigenvalue weighted by Crippen LogP contribution is -2.11. The molecular formula is C10H6N4O5S. The number of carbonyl (C=O) groups excluding carboxylic acids is 1. The van der Waals surface area contributed by atoms with Crippen molar-refractivity contribution in [3.63, 3.8) is 0 Å². The van der Waals surface area contributed by atoms with Crippen molar-refractivity contribution < 1.29 is 14.6 Å². The average molecular weight is 294 g/mol. The molecule has 0 unspecified atom stereocenters. The molecule has 2 aromatic rings. The van der Waals surface area contributed by atoms with Crippen molar-refractivity contribution in [2.45, 2.75) is 0 Å². The second-order valence-corrected chi connectivity index (χ2v) is 4.53. The summed E-state index contributed by atoms with van der Waals surface area (Å²) in [6, 6.07) is 4.96. The SMILES string of the molecule is O=C(Nc1ncc([N+](=O)[O-])s1)c1ccc([N+](=O)[O-])cc1. The van der Waals surface area contributed by atoms with E-state index in [0.717, 1.165) is 17.5 Å². The zero-order valence-electron chi connectivity index (χ0n) is 9.68. The van der Waals surface area contributed by atoms with E-state index in [1.807, 2.05) is 0 Å². The van der Waals surface area contributed by atoms with Gasteiger partial charge in [0.05, 0.1) is 9.85 Å². The zero-order valence-corrected chi connectivity index (χ0v) is 10.5. The van der Waals surface area contributed by atoms with Gasteiger partial charge in [-0.25, -0.2) is 4.98 Å². The Hall–Kier alpha value is -2.88. The second-order valence-electron chi connectivity index (χ2n) is 3.52. The van der Waals surface area contributed by atoms with Crippen LogP contribution >= 0.6 is 11.3 Å². The van der Waals surface area contributed by atoms with E-state index in [-0.39, 0.29) is 21.4 Å². The Morgan fingerprint density at radius 3 is 2.30 bits per heavy atom. The molecule has 10 heteroatoms. The second kappa shape index (κ2) is 5.40. The van der Waals surface area contributed by atoms with Crippen molar-refractivity contribution in [3.8, 4) is 0 Å². The van der Waals surface area contributed by atoms with Gasteiger partial charge in [-0.15, -0.1) is 0 Å². The van der Waals surface area contributed by atoms with Crippen LogP contribution in [0.3, 0.4) is 0 Å². The monoisotopic (exact) mass is 294 g/mol. The summed E-state index contributed by atoms with van der Waals surface area (Å²) in [5, 5.41) is 23.2. The van der Waals surface area contributed by atoms with Gasteiger partial charge in [-0.2, -0.15) is 0 Å². The highest BCUT2D eigenvalue weighted by Gasteiger charge is 2.15. The molecule has 0 atom stereocenters. The largest absolute Gasteiger partial charge is 0.345 e. The molecule has 1 heterocycles. The summed E-state index contributed by atoms with van der Waals surface area (Å²) >= 11 is 0.722. The number of nitro groups is 2. The number of anilines is 1. The molecule has 0 aliphatic heterocycles. The molecule has 20 heavy (non-hydrogen) atoms. The Kier molecular flexibility index (Phi) is 3.66. The van der Waals surface area contributed by atoms with Crippen molar-refractivity contribution in [1.29, 1.82) is 0 Å². The van der Waals surface area contributed by atoms with E-state index in [1.54, 1.807) is 0 Å². The van der Waals surface area contributed by atoms with E-state index >= 15 is 0 Å². The van der Waals surface area contributed by atoms with Crippen LogP contribution in [0.1, 0.15) is 10.4 Å². The first-order valence-electron chi connectivity index (χ1n) is 5.13. The van der Waals surface area contributed by atoms with E-state index in [0.29, 0.717) is 0 Å². The average Bonchev–Trinajstić information content (AvgIpc) is 2.87. The third kappa shape index (κ3) is 2.92. The Bertz CT molecular complexity index is 681. The van der Waals surface area contributed by atoms with Crippen molar-refractivity contribution in [2.75, 3.05) is 5.32 Å². The van der Waals surface area contributed by atoms with Gasteiger partial charge < -0.3 is 0 Å². The van der Waals surface area contributed by atoms with Crippen LogP contribution in [0.15, 0.2) is 30.5 Å². The highest BCUT2D eigenvalue weighted by molar-refractivity contribution is 7.18. The minimum Gasteiger partial charge on any atom is -0.298 e. The normalized spacial score (nSPS) is 10.0. The molecule has 0 bridgehead atoms. The predicted molar refractivity (Wildman–Crippen MR) is 69.8 cm³/mol. The van der Waals surface area contributed by atoms with Crippen LogP contribution in [0.25, 0.3) is 0 Å². The summed E-state index contributed by atoms with van der Waals surface area (Å²) in [7, 11) is 0. The van der Waals surface area contributed by atoms with Crippen molar-refractivity contribution in [3.05, 3.63) is 56.3 Å². The van der Waals surface area contributed by atoms with Crippen molar-refractivity contribution in [2.24, 2.45) is 0 Å². The molecule has 0 radical (unpaired) electrons. The lowest BCUT2D eigenvalue weighted by molar-refractivity contribution is -0.384. The molecule has 0 fully saturated rings. The van der Waals surface area contributed by atoms with Gasteiger partial charge >= 0.3 is 5.00 Å². The van der Waals surface area contributed by atoms with Crippen molar-refractivity contribution in [1.82, 2.24) is 4.98 Å². The van der Waals surface area contributed by atoms with E-state index < -0.39 is 15.8 Å². The quantitative estimate of drug-likeness (QED) is 0.679. The van der Waals surface area contributed by atoms with Gasteiger partial charge in [0.15, 0.2) is 5.13 Å². The lowest BCUT2D eigenvalue weighted by atomic mass is 10.2. The number of hydrogen-bond acceptors (Lipinski definition) is 7. The third-order valence-electron chi connectivity index (χ3n) is 2.23. The standard InChI is InChI=1S/C10H6N4O5S/c15-9(6-1-3-7(4-2-6)13(16)17)12-10-11-5-8(20-10)14(18)19/h1-5H,(H,11,12,15). The highest BCUT2D eigenvalue weighted by atomic mass is 32.1. The fourth-order valence-electron chi connectivity index (χ4n) is 1.31. The highest BCUT2D eigenvalue weighted by Crippen LogP contribution is 2.25. The maximum atomic E-state index is 11.8. The molecule has 1 amide bonds. The van der Waals surface area contributed by atoms with Crippen LogP contribution in [0.5, 0.6) is 0 Å². The minimum atomic E-state index is -0.612. The van der Waals surface area contributed by atoms with Gasteiger partial charge in [-0.3, -0.25) is 30.3 Å². The Balaban J connectivity index is 2.11. The van der Waals surface area contributed by atoms with Crippen LogP contribution < -0.4 is 5.32 Å². The van der Waals surface area contributed by atoms with Crippen LogP contribution in [0, 0.1) is 20.2 Å². The molecule has 0 spiro atoms. The van der Waals surface area contributed by atoms with Crippen molar-refractivity contribution >= 4 is 33.1 Å². The summed E-state index contributed by atoms with van der Waals surface area (Å²) in [4.78, 5) is 35.2. The first-order chi connectivity index (χ1) is 9.47. The number of non-ortho nitro benzene ring substituents is 1. The zero-order chi connectivity index (χ0) is 14.7. The van der Waals surface area contributed by atoms with Gasteiger partial charge in [-0.05, 0) is 23.5 Å². The lowest BCUT2D eigenvalue weighted by Gasteiger charge is -2.00. The Labute approximate surface area is 115 Å². The van der Waals surface area contributed by atoms with E-state index in [9.17, 15) is 25.0 Å². The van der Waals surface area contributed by atoms with Gasteiger partial charge in [-0.1, -0.05) is 0 Å². The maximum absolute atomic E-state index is 11.8. The first kappa shape index (κ1) is 13.5. The summed E-state index contributed by atoms with van der Waals surface area (Å²) in [6.45, 7) is 0. The number of nitrogens with one attached hydrogen (secondary N) is 1. The Morgan fingerprint density at radius 2 is 1.80 bits per heavy atom. The van der Waals surface area contributed by atoms with Gasteiger partial charge in [0, 0.05) is 17.7 Å². The van der Waals surface area contributed by atoms with E-state index in [2.05, 4.69) is 10.3 Å². The van der Waals surface area contributed by atoms with E-state index in [1.165, 1.54) is 24.3 Å². The number of carbonyl (C=O) groups is 1. The summed E-state index contributed by atoms with van der Waals surface area (Å²) in [5.41, 5.74) is 0.0555. The number of aromatic nitrogens is 1. The molecule has 0 saturated heterocycles. The molecule has 0 aliphatic rings. The summed E-state index contributed by atoms with van der Waals surface area (Å²) < 4.78 is 0. The molecule has 1 aromatic heterocycles. The van der Waals surface area contributed by atoms with E-state index in [4.69, 9.17) is 0 Å². The number of nitro benzene ring substituents is 1. The topological polar surface area (TPSA) is 128 Å². The number of amides is 1. The fourth-order valence-corrected chi connectivity index (χ4v) is 1.94. The molecule has 0 aliphatic carbocycles. The van der Waals surface area contributed by atoms with Gasteiger partial charge in [0.1, 0.15) is 6.20 Å². The summed E-state index contributed by atoms with van der Waals surface area (Å²) in [5.74, 6) is -0.552. The van der Waals surface area contributed by atoms with Crippen LogP contribution in [0.2, 0.25) is 0 Å². The number of hydrogen-bond donors (Lipinski definition) is 1.